The zero-order valence-corrected chi connectivity index (χ0v) is 15.9. The van der Waals surface area contributed by atoms with Gasteiger partial charge in [-0.1, -0.05) is 48.5 Å². The van der Waals surface area contributed by atoms with Crippen molar-refractivity contribution in [2.75, 3.05) is 0 Å². The van der Waals surface area contributed by atoms with Crippen molar-refractivity contribution in [3.8, 4) is 0 Å². The largest absolute Gasteiger partial charge is 0.481 e. The van der Waals surface area contributed by atoms with Gasteiger partial charge in [0, 0.05) is 18.0 Å². The summed E-state index contributed by atoms with van der Waals surface area (Å²) in [5.74, 6) is -0.742. The molecule has 3 aromatic rings. The molecule has 27 heavy (non-hydrogen) atoms. The topological polar surface area (TPSA) is 50.2 Å². The maximum absolute atomic E-state index is 11.3. The maximum atomic E-state index is 11.3. The number of fused-ring (bicyclic) bond motifs is 1. The summed E-state index contributed by atoms with van der Waals surface area (Å²) in [4.78, 5) is 15.6. The van der Waals surface area contributed by atoms with Gasteiger partial charge < -0.3 is 5.11 Å². The third-order valence-corrected chi connectivity index (χ3v) is 4.97. The molecule has 3 rings (SSSR count). The van der Waals surface area contributed by atoms with Crippen LogP contribution < -0.4 is 0 Å². The normalized spacial score (nSPS) is 12.3. The molecule has 0 radical (unpaired) electrons. The van der Waals surface area contributed by atoms with Gasteiger partial charge in [0.15, 0.2) is 0 Å². The zero-order valence-electron chi connectivity index (χ0n) is 15.9. The van der Waals surface area contributed by atoms with E-state index >= 15 is 0 Å². The van der Waals surface area contributed by atoms with Gasteiger partial charge in [-0.25, -0.2) is 0 Å². The van der Waals surface area contributed by atoms with Gasteiger partial charge >= 0.3 is 5.97 Å². The fraction of sp³-hybridized carbons (Fsp3) is 0.250. The van der Waals surface area contributed by atoms with E-state index in [9.17, 15) is 9.90 Å². The fourth-order valence-corrected chi connectivity index (χ4v) is 3.18. The second-order valence-electron chi connectivity index (χ2n) is 7.50. The number of carboxylic acids is 1. The first-order valence-electron chi connectivity index (χ1n) is 9.30. The van der Waals surface area contributed by atoms with E-state index in [-0.39, 0.29) is 0 Å². The number of nitrogens with zero attached hydrogens (tertiary/aromatic N) is 1. The molecule has 0 aliphatic carbocycles. The molecular formula is C24H25NO2. The van der Waals surface area contributed by atoms with Crippen molar-refractivity contribution in [3.05, 3.63) is 84.2 Å². The van der Waals surface area contributed by atoms with E-state index in [0.29, 0.717) is 6.42 Å². The number of hydrogen-bond acceptors (Lipinski definition) is 2. The van der Waals surface area contributed by atoms with E-state index in [1.807, 2.05) is 24.4 Å². The average molecular weight is 359 g/mol. The number of pyridine rings is 1. The van der Waals surface area contributed by atoms with Gasteiger partial charge in [0.25, 0.3) is 0 Å². The average Bonchev–Trinajstić information content (AvgIpc) is 2.68. The summed E-state index contributed by atoms with van der Waals surface area (Å²) < 4.78 is 0. The van der Waals surface area contributed by atoms with Crippen LogP contribution in [0.5, 0.6) is 0 Å². The fourth-order valence-electron chi connectivity index (χ4n) is 3.18. The molecule has 0 unspecified atom stereocenters. The molecule has 0 aliphatic heterocycles. The lowest BCUT2D eigenvalue weighted by atomic mass is 9.87. The lowest BCUT2D eigenvalue weighted by Gasteiger charge is -2.18. The molecule has 2 aromatic carbocycles. The number of unbranched alkanes of at least 4 members (excludes halogenated alkanes) is 1. The first-order valence-corrected chi connectivity index (χ1v) is 9.30. The Morgan fingerprint density at radius 2 is 1.81 bits per heavy atom. The van der Waals surface area contributed by atoms with Crippen molar-refractivity contribution in [3.63, 3.8) is 0 Å². The number of carbonyl (C=O) groups is 1. The summed E-state index contributed by atoms with van der Waals surface area (Å²) >= 11 is 0. The number of aliphatic carboxylic acids is 1. The predicted molar refractivity (Wildman–Crippen MR) is 111 cm³/mol. The van der Waals surface area contributed by atoms with E-state index in [1.165, 1.54) is 10.8 Å². The molecule has 0 aliphatic rings. The van der Waals surface area contributed by atoms with Crippen LogP contribution in [0.15, 0.2) is 73.1 Å². The first kappa shape index (κ1) is 18.8. The van der Waals surface area contributed by atoms with Gasteiger partial charge in [-0.3, -0.25) is 9.78 Å². The molecule has 0 spiro atoms. The molecule has 1 heterocycles. The highest BCUT2D eigenvalue weighted by molar-refractivity contribution is 5.89. The summed E-state index contributed by atoms with van der Waals surface area (Å²) in [5.41, 5.74) is 2.68. The molecule has 0 bridgehead atoms. The Morgan fingerprint density at radius 1 is 1.04 bits per heavy atom. The molecule has 0 saturated carbocycles. The molecule has 0 amide bonds. The van der Waals surface area contributed by atoms with Crippen molar-refractivity contribution < 1.29 is 9.90 Å². The van der Waals surface area contributed by atoms with Crippen molar-refractivity contribution >= 4 is 22.3 Å². The molecule has 0 saturated heterocycles. The van der Waals surface area contributed by atoms with Crippen LogP contribution >= 0.6 is 0 Å². The Labute approximate surface area is 160 Å². The van der Waals surface area contributed by atoms with Crippen molar-refractivity contribution in [2.24, 2.45) is 5.41 Å². The van der Waals surface area contributed by atoms with Crippen LogP contribution in [0.4, 0.5) is 0 Å². The number of aromatic nitrogens is 1. The van der Waals surface area contributed by atoms with E-state index in [2.05, 4.69) is 47.5 Å². The van der Waals surface area contributed by atoms with Gasteiger partial charge in [0.1, 0.15) is 0 Å². The van der Waals surface area contributed by atoms with Crippen LogP contribution in [0.2, 0.25) is 0 Å². The summed E-state index contributed by atoms with van der Waals surface area (Å²) in [6.07, 6.45) is 8.17. The van der Waals surface area contributed by atoms with Crippen LogP contribution in [0, 0.1) is 5.41 Å². The van der Waals surface area contributed by atoms with Crippen molar-refractivity contribution in [1.29, 1.82) is 0 Å². The number of hydrogen-bond donors (Lipinski definition) is 1. The SMILES string of the molecule is CC(C)(CCCC=C(c1cccnc1)c1ccc2ccccc2c1)C(=O)O. The van der Waals surface area contributed by atoms with E-state index in [4.69, 9.17) is 0 Å². The smallest absolute Gasteiger partial charge is 0.309 e. The number of carboxylic acid groups (broad SMARTS) is 1. The highest BCUT2D eigenvalue weighted by Crippen LogP contribution is 2.28. The number of allylic oxidation sites excluding steroid dienone is 1. The standard InChI is InChI=1S/C24H25NO2/c1-24(2,23(26)27)14-6-5-11-22(21-10-7-15-25-17-21)20-13-12-18-8-3-4-9-19(18)16-20/h3-4,7-13,15-17H,5-6,14H2,1-2H3,(H,26,27). The Morgan fingerprint density at radius 3 is 2.52 bits per heavy atom. The summed E-state index contributed by atoms with van der Waals surface area (Å²) in [5, 5.41) is 11.7. The lowest BCUT2D eigenvalue weighted by molar-refractivity contribution is -0.147. The minimum absolute atomic E-state index is 0.650. The molecule has 0 atom stereocenters. The number of benzene rings is 2. The lowest BCUT2D eigenvalue weighted by Crippen LogP contribution is -2.23. The van der Waals surface area contributed by atoms with Crippen LogP contribution in [-0.2, 0) is 4.79 Å². The molecule has 3 nitrogen and oxygen atoms in total. The second kappa shape index (κ2) is 8.17. The second-order valence-corrected chi connectivity index (χ2v) is 7.50. The number of rotatable bonds is 7. The molecule has 138 valence electrons. The van der Waals surface area contributed by atoms with Gasteiger partial charge in [-0.05, 0) is 67.2 Å². The first-order chi connectivity index (χ1) is 13.0. The minimum Gasteiger partial charge on any atom is -0.481 e. The van der Waals surface area contributed by atoms with Crippen LogP contribution in [0.3, 0.4) is 0 Å². The molecule has 0 fully saturated rings. The molecule has 1 aromatic heterocycles. The predicted octanol–water partition coefficient (Wildman–Crippen LogP) is 5.95. The summed E-state index contributed by atoms with van der Waals surface area (Å²) in [6.45, 7) is 3.56. The zero-order chi connectivity index (χ0) is 19.3. The Kier molecular flexibility index (Phi) is 5.70. The Balaban J connectivity index is 1.88. The molecule has 1 N–H and O–H groups in total. The molecular weight excluding hydrogens is 334 g/mol. The van der Waals surface area contributed by atoms with E-state index < -0.39 is 11.4 Å². The maximum Gasteiger partial charge on any atom is 0.309 e. The highest BCUT2D eigenvalue weighted by atomic mass is 16.4. The Hall–Kier alpha value is -2.94. The van der Waals surface area contributed by atoms with Gasteiger partial charge in [-0.2, -0.15) is 0 Å². The van der Waals surface area contributed by atoms with Crippen LogP contribution in [-0.4, -0.2) is 16.1 Å². The molecule has 3 heteroatoms. The Bertz CT molecular complexity index is 958. The van der Waals surface area contributed by atoms with Crippen LogP contribution in [0.1, 0.15) is 44.2 Å². The van der Waals surface area contributed by atoms with Gasteiger partial charge in [0.2, 0.25) is 0 Å². The summed E-state index contributed by atoms with van der Waals surface area (Å²) in [7, 11) is 0. The van der Waals surface area contributed by atoms with Crippen molar-refractivity contribution in [1.82, 2.24) is 4.98 Å². The third kappa shape index (κ3) is 4.62. The van der Waals surface area contributed by atoms with E-state index in [0.717, 1.165) is 29.5 Å². The third-order valence-electron chi connectivity index (χ3n) is 4.97. The summed E-state index contributed by atoms with van der Waals surface area (Å²) in [6, 6.07) is 18.8. The van der Waals surface area contributed by atoms with Gasteiger partial charge in [0.05, 0.1) is 5.41 Å². The van der Waals surface area contributed by atoms with Gasteiger partial charge in [-0.15, -0.1) is 0 Å². The highest BCUT2D eigenvalue weighted by Gasteiger charge is 2.25. The quantitative estimate of drug-likeness (QED) is 0.531. The minimum atomic E-state index is -0.742. The van der Waals surface area contributed by atoms with Crippen molar-refractivity contribution in [2.45, 2.75) is 33.1 Å². The van der Waals surface area contributed by atoms with Crippen LogP contribution in [0.25, 0.3) is 16.3 Å². The monoisotopic (exact) mass is 359 g/mol. The van der Waals surface area contributed by atoms with E-state index in [1.54, 1.807) is 20.0 Å².